The predicted molar refractivity (Wildman–Crippen MR) is 99.7 cm³/mol. The summed E-state index contributed by atoms with van der Waals surface area (Å²) in [5, 5.41) is 15.9. The number of carboxylic acid groups (broad SMARTS) is 1. The van der Waals surface area contributed by atoms with Crippen LogP contribution in [0.4, 0.5) is 0 Å². The molecule has 0 spiro atoms. The molecule has 2 N–H and O–H groups in total. The molecule has 0 bridgehead atoms. The molecule has 7 nitrogen and oxygen atoms in total. The maximum atomic E-state index is 12.6. The van der Waals surface area contributed by atoms with Crippen molar-refractivity contribution in [3.63, 3.8) is 0 Å². The molecule has 0 saturated carbocycles. The molecule has 1 aromatic carbocycles. The van der Waals surface area contributed by atoms with Crippen molar-refractivity contribution in [2.24, 2.45) is 11.8 Å². The topological polar surface area (TPSA) is 102 Å². The number of ether oxygens (including phenoxy) is 1. The number of aliphatic carboxylic acids is 1. The Bertz CT molecular complexity index is 778. The van der Waals surface area contributed by atoms with E-state index in [4.69, 9.17) is 9.26 Å². The predicted octanol–water partition coefficient (Wildman–Crippen LogP) is 3.35. The molecule has 0 aliphatic heterocycles. The summed E-state index contributed by atoms with van der Waals surface area (Å²) in [4.78, 5) is 23.9. The summed E-state index contributed by atoms with van der Waals surface area (Å²) < 4.78 is 10.9. The first-order valence-electron chi connectivity index (χ1n) is 8.94. The Balaban J connectivity index is 2.05. The Kier molecular flexibility index (Phi) is 6.98. The number of nitrogens with zero attached hydrogens (tertiary/aromatic N) is 1. The second kappa shape index (κ2) is 9.21. The third-order valence-corrected chi connectivity index (χ3v) is 4.30. The molecular formula is C20H26N2O5. The van der Waals surface area contributed by atoms with Gasteiger partial charge in [-0.1, -0.05) is 31.1 Å². The van der Waals surface area contributed by atoms with Gasteiger partial charge in [-0.25, -0.2) is 0 Å². The molecule has 0 radical (unpaired) electrons. The van der Waals surface area contributed by atoms with Crippen LogP contribution in [0.15, 0.2) is 28.8 Å². The number of hydrogen-bond acceptors (Lipinski definition) is 5. The van der Waals surface area contributed by atoms with Gasteiger partial charge in [-0.05, 0) is 38.3 Å². The van der Waals surface area contributed by atoms with E-state index in [1.54, 1.807) is 31.2 Å². The zero-order valence-corrected chi connectivity index (χ0v) is 16.1. The molecule has 146 valence electrons. The number of carbonyl (C=O) groups is 2. The average molecular weight is 374 g/mol. The summed E-state index contributed by atoms with van der Waals surface area (Å²) in [5.41, 5.74) is 1.94. The monoisotopic (exact) mass is 374 g/mol. The van der Waals surface area contributed by atoms with Crippen LogP contribution in [0.1, 0.15) is 47.6 Å². The highest BCUT2D eigenvalue weighted by molar-refractivity contribution is 5.97. The van der Waals surface area contributed by atoms with Gasteiger partial charge in [0.25, 0.3) is 5.91 Å². The third kappa shape index (κ3) is 5.57. The van der Waals surface area contributed by atoms with Gasteiger partial charge in [0.05, 0.1) is 22.7 Å². The van der Waals surface area contributed by atoms with Gasteiger partial charge < -0.3 is 19.7 Å². The fourth-order valence-corrected chi connectivity index (χ4v) is 2.79. The van der Waals surface area contributed by atoms with E-state index in [9.17, 15) is 14.7 Å². The van der Waals surface area contributed by atoms with Gasteiger partial charge in [0, 0.05) is 6.54 Å². The Morgan fingerprint density at radius 1 is 1.26 bits per heavy atom. The molecule has 2 aromatic rings. The van der Waals surface area contributed by atoms with Gasteiger partial charge in [-0.15, -0.1) is 0 Å². The maximum Gasteiger partial charge on any atom is 0.308 e. The molecule has 1 atom stereocenters. The number of para-hydroxylation sites is 1. The number of aromatic nitrogens is 1. The lowest BCUT2D eigenvalue weighted by Crippen LogP contribution is -2.33. The van der Waals surface area contributed by atoms with E-state index in [0.29, 0.717) is 23.5 Å². The second-order valence-corrected chi connectivity index (χ2v) is 6.96. The number of aryl methyl sites for hydroxylation is 2. The number of amides is 1. The number of nitrogens with one attached hydrogen (secondary N) is 1. The summed E-state index contributed by atoms with van der Waals surface area (Å²) in [6.07, 6.45) is 0.500. The number of carbonyl (C=O) groups excluding carboxylic acids is 1. The fourth-order valence-electron chi connectivity index (χ4n) is 2.79. The first-order chi connectivity index (χ1) is 12.8. The molecule has 2 rings (SSSR count). The van der Waals surface area contributed by atoms with Crippen LogP contribution in [0.25, 0.3) is 0 Å². The first-order valence-corrected chi connectivity index (χ1v) is 8.94. The summed E-state index contributed by atoms with van der Waals surface area (Å²) in [6, 6.07) is 6.87. The van der Waals surface area contributed by atoms with Crippen LogP contribution in [0.5, 0.6) is 5.75 Å². The van der Waals surface area contributed by atoms with Crippen LogP contribution in [0.3, 0.4) is 0 Å². The normalized spacial score (nSPS) is 12.0. The Labute approximate surface area is 158 Å². The largest absolute Gasteiger partial charge is 0.488 e. The molecule has 27 heavy (non-hydrogen) atoms. The quantitative estimate of drug-likeness (QED) is 0.698. The summed E-state index contributed by atoms with van der Waals surface area (Å²) >= 11 is 0. The molecule has 1 heterocycles. The van der Waals surface area contributed by atoms with Crippen molar-refractivity contribution in [2.45, 2.75) is 40.7 Å². The lowest BCUT2D eigenvalue weighted by molar-refractivity contribution is -0.142. The molecule has 0 saturated heterocycles. The first kappa shape index (κ1) is 20.5. The van der Waals surface area contributed by atoms with Gasteiger partial charge in [-0.2, -0.15) is 0 Å². The van der Waals surface area contributed by atoms with Crippen molar-refractivity contribution >= 4 is 11.9 Å². The highest BCUT2D eigenvalue weighted by Crippen LogP contribution is 2.21. The van der Waals surface area contributed by atoms with E-state index in [1.165, 1.54) is 0 Å². The average Bonchev–Trinajstić information content (AvgIpc) is 2.94. The maximum absolute atomic E-state index is 12.6. The number of carboxylic acids is 1. The van der Waals surface area contributed by atoms with E-state index in [0.717, 1.165) is 11.3 Å². The molecule has 1 unspecified atom stereocenters. The molecule has 1 amide bonds. The lowest BCUT2D eigenvalue weighted by Gasteiger charge is -2.16. The van der Waals surface area contributed by atoms with Crippen molar-refractivity contribution in [2.75, 3.05) is 6.54 Å². The van der Waals surface area contributed by atoms with Crippen molar-refractivity contribution in [1.82, 2.24) is 10.5 Å². The van der Waals surface area contributed by atoms with E-state index in [1.807, 2.05) is 20.8 Å². The summed E-state index contributed by atoms with van der Waals surface area (Å²) in [5.74, 6) is -0.567. The molecular weight excluding hydrogens is 348 g/mol. The van der Waals surface area contributed by atoms with Crippen molar-refractivity contribution in [3.05, 3.63) is 46.8 Å². The highest BCUT2D eigenvalue weighted by Gasteiger charge is 2.21. The molecule has 0 fully saturated rings. The van der Waals surface area contributed by atoms with Crippen molar-refractivity contribution in [3.8, 4) is 5.75 Å². The molecule has 1 aromatic heterocycles. The van der Waals surface area contributed by atoms with Gasteiger partial charge >= 0.3 is 5.97 Å². The molecule has 0 aliphatic rings. The van der Waals surface area contributed by atoms with Gasteiger partial charge in [0.2, 0.25) is 0 Å². The SMILES string of the molecule is Cc1noc(C)c1COc1ccccc1C(=O)NCC(CC(C)C)C(=O)O. The van der Waals surface area contributed by atoms with Crippen molar-refractivity contribution < 1.29 is 24.0 Å². The minimum Gasteiger partial charge on any atom is -0.488 e. The molecule has 0 aliphatic carbocycles. The van der Waals surface area contributed by atoms with E-state index in [-0.39, 0.29) is 25.0 Å². The van der Waals surface area contributed by atoms with Gasteiger partial charge in [-0.3, -0.25) is 9.59 Å². The summed E-state index contributed by atoms with van der Waals surface area (Å²) in [7, 11) is 0. The fraction of sp³-hybridized carbons (Fsp3) is 0.450. The lowest BCUT2D eigenvalue weighted by atomic mass is 9.97. The zero-order chi connectivity index (χ0) is 20.0. The van der Waals surface area contributed by atoms with Crippen LogP contribution in [-0.2, 0) is 11.4 Å². The second-order valence-electron chi connectivity index (χ2n) is 6.96. The summed E-state index contributed by atoms with van der Waals surface area (Å²) in [6.45, 7) is 7.85. The van der Waals surface area contributed by atoms with Crippen LogP contribution >= 0.6 is 0 Å². The van der Waals surface area contributed by atoms with Crippen LogP contribution in [0, 0.1) is 25.7 Å². The van der Waals surface area contributed by atoms with Crippen LogP contribution < -0.4 is 10.1 Å². The van der Waals surface area contributed by atoms with Crippen LogP contribution in [-0.4, -0.2) is 28.7 Å². The van der Waals surface area contributed by atoms with E-state index in [2.05, 4.69) is 10.5 Å². The van der Waals surface area contributed by atoms with E-state index < -0.39 is 11.9 Å². The minimum atomic E-state index is -0.910. The third-order valence-electron chi connectivity index (χ3n) is 4.30. The smallest absolute Gasteiger partial charge is 0.308 e. The van der Waals surface area contributed by atoms with Gasteiger partial charge in [0.1, 0.15) is 18.1 Å². The van der Waals surface area contributed by atoms with Gasteiger partial charge in [0.15, 0.2) is 0 Å². The Morgan fingerprint density at radius 2 is 1.96 bits per heavy atom. The van der Waals surface area contributed by atoms with E-state index >= 15 is 0 Å². The highest BCUT2D eigenvalue weighted by atomic mass is 16.5. The standard InChI is InChI=1S/C20H26N2O5/c1-12(2)9-15(20(24)25)10-21-19(23)16-7-5-6-8-18(16)26-11-17-13(3)22-27-14(17)4/h5-8,12,15H,9-11H2,1-4H3,(H,21,23)(H,24,25). The minimum absolute atomic E-state index is 0.0740. The Morgan fingerprint density at radius 3 is 2.56 bits per heavy atom. The Hall–Kier alpha value is -2.83. The molecule has 7 heteroatoms. The number of rotatable bonds is 9. The van der Waals surface area contributed by atoms with Crippen LogP contribution in [0.2, 0.25) is 0 Å². The number of hydrogen-bond donors (Lipinski definition) is 2. The number of benzene rings is 1. The van der Waals surface area contributed by atoms with Crippen molar-refractivity contribution in [1.29, 1.82) is 0 Å². The zero-order valence-electron chi connectivity index (χ0n) is 16.1.